The number of hydrogen-bond acceptors (Lipinski definition) is 0. The van der Waals surface area contributed by atoms with Gasteiger partial charge in [-0.3, -0.25) is 0 Å². The summed E-state index contributed by atoms with van der Waals surface area (Å²) in [5, 5.41) is 0. The molecular weight excluding hydrogens is 300 g/mol. The number of aryl methyl sites for hydroxylation is 3. The van der Waals surface area contributed by atoms with Gasteiger partial charge in [0.1, 0.15) is 0 Å². The van der Waals surface area contributed by atoms with E-state index in [1.807, 2.05) is 0 Å². The van der Waals surface area contributed by atoms with Gasteiger partial charge in [0.25, 0.3) is 0 Å². The maximum absolute atomic E-state index is 2.35. The largest absolute Gasteiger partial charge is 0.0613 e. The van der Waals surface area contributed by atoms with Crippen LogP contribution < -0.4 is 0 Å². The fourth-order valence-electron chi connectivity index (χ4n) is 4.28. The minimum absolute atomic E-state index is 0.910. The molecule has 2 aromatic rings. The standard InChI is InChI=1S/C25H34/c1-3-20-5-9-22(10-6-20)11-12-23-13-17-25(18-14-23)19-24-15-7-21(4-2)8-16-24/h5-10,15-16,23,25H,3-4,11-14,17-19H2,1-2H3. The highest BCUT2D eigenvalue weighted by atomic mass is 14.3. The van der Waals surface area contributed by atoms with Crippen LogP contribution in [0.3, 0.4) is 0 Å². The quantitative estimate of drug-likeness (QED) is 0.522. The molecule has 25 heavy (non-hydrogen) atoms. The highest BCUT2D eigenvalue weighted by Gasteiger charge is 2.21. The van der Waals surface area contributed by atoms with Gasteiger partial charge in [0.05, 0.1) is 0 Å². The molecule has 0 saturated heterocycles. The molecule has 0 heterocycles. The normalized spacial score (nSPS) is 20.6. The second-order valence-corrected chi connectivity index (χ2v) is 7.97. The fraction of sp³-hybridized carbons (Fsp3) is 0.520. The third-order valence-corrected chi connectivity index (χ3v) is 6.19. The Kier molecular flexibility index (Phi) is 6.73. The Bertz CT molecular complexity index is 612. The van der Waals surface area contributed by atoms with Crippen molar-refractivity contribution < 1.29 is 0 Å². The predicted octanol–water partition coefficient (Wildman–Crippen LogP) is 6.79. The summed E-state index contributed by atoms with van der Waals surface area (Å²) in [6.07, 6.45) is 11.9. The lowest BCUT2D eigenvalue weighted by Gasteiger charge is -2.28. The van der Waals surface area contributed by atoms with Crippen molar-refractivity contribution in [3.05, 3.63) is 70.8 Å². The molecule has 1 saturated carbocycles. The van der Waals surface area contributed by atoms with E-state index in [4.69, 9.17) is 0 Å². The Morgan fingerprint density at radius 3 is 1.56 bits per heavy atom. The van der Waals surface area contributed by atoms with Crippen molar-refractivity contribution in [1.82, 2.24) is 0 Å². The zero-order valence-electron chi connectivity index (χ0n) is 16.1. The molecule has 0 unspecified atom stereocenters. The van der Waals surface area contributed by atoms with Gasteiger partial charge in [0.15, 0.2) is 0 Å². The van der Waals surface area contributed by atoms with Gasteiger partial charge in [-0.2, -0.15) is 0 Å². The van der Waals surface area contributed by atoms with Gasteiger partial charge >= 0.3 is 0 Å². The molecule has 0 amide bonds. The van der Waals surface area contributed by atoms with E-state index in [0.29, 0.717) is 0 Å². The number of hydrogen-bond donors (Lipinski definition) is 0. The van der Waals surface area contributed by atoms with Crippen LogP contribution in [0.2, 0.25) is 0 Å². The van der Waals surface area contributed by atoms with Crippen molar-refractivity contribution in [1.29, 1.82) is 0 Å². The first kappa shape index (κ1) is 18.2. The fourth-order valence-corrected chi connectivity index (χ4v) is 4.28. The topological polar surface area (TPSA) is 0 Å². The maximum Gasteiger partial charge on any atom is -0.0250 e. The lowest BCUT2D eigenvalue weighted by atomic mass is 9.77. The number of rotatable bonds is 7. The summed E-state index contributed by atoms with van der Waals surface area (Å²) in [6, 6.07) is 18.6. The van der Waals surface area contributed by atoms with Gasteiger partial charge < -0.3 is 0 Å². The third kappa shape index (κ3) is 5.46. The van der Waals surface area contributed by atoms with Crippen LogP contribution in [0.5, 0.6) is 0 Å². The molecule has 0 nitrogen and oxygen atoms in total. The molecule has 1 fully saturated rings. The average molecular weight is 335 g/mol. The molecule has 0 bridgehead atoms. The summed E-state index contributed by atoms with van der Waals surface area (Å²) < 4.78 is 0. The monoisotopic (exact) mass is 334 g/mol. The summed E-state index contributed by atoms with van der Waals surface area (Å²) in [7, 11) is 0. The molecule has 1 aliphatic carbocycles. The van der Waals surface area contributed by atoms with Crippen LogP contribution in [-0.4, -0.2) is 0 Å². The molecule has 0 radical (unpaired) electrons. The van der Waals surface area contributed by atoms with Crippen LogP contribution in [0.1, 0.15) is 68.2 Å². The van der Waals surface area contributed by atoms with Crippen molar-refractivity contribution in [2.24, 2.45) is 11.8 Å². The van der Waals surface area contributed by atoms with E-state index in [9.17, 15) is 0 Å². The Morgan fingerprint density at radius 1 is 0.600 bits per heavy atom. The third-order valence-electron chi connectivity index (χ3n) is 6.19. The molecule has 1 aliphatic rings. The minimum Gasteiger partial charge on any atom is -0.0613 e. The van der Waals surface area contributed by atoms with E-state index in [2.05, 4.69) is 62.4 Å². The van der Waals surface area contributed by atoms with Crippen molar-refractivity contribution >= 4 is 0 Å². The second-order valence-electron chi connectivity index (χ2n) is 7.97. The highest BCUT2D eigenvalue weighted by Crippen LogP contribution is 2.33. The molecule has 3 rings (SSSR count). The Labute approximate surface area is 154 Å². The molecule has 0 aromatic heterocycles. The molecule has 0 aliphatic heterocycles. The first-order chi connectivity index (χ1) is 12.3. The first-order valence-corrected chi connectivity index (χ1v) is 10.4. The summed E-state index contributed by atoms with van der Waals surface area (Å²) in [6.45, 7) is 4.46. The van der Waals surface area contributed by atoms with Crippen molar-refractivity contribution in [3.63, 3.8) is 0 Å². The molecule has 0 heteroatoms. The summed E-state index contributed by atoms with van der Waals surface area (Å²) >= 11 is 0. The molecule has 2 aromatic carbocycles. The van der Waals surface area contributed by atoms with Gasteiger partial charge in [-0.1, -0.05) is 75.2 Å². The second kappa shape index (κ2) is 9.22. The van der Waals surface area contributed by atoms with E-state index >= 15 is 0 Å². The smallest absolute Gasteiger partial charge is 0.0250 e. The van der Waals surface area contributed by atoms with Crippen molar-refractivity contribution in [3.8, 4) is 0 Å². The van der Waals surface area contributed by atoms with E-state index < -0.39 is 0 Å². The molecular formula is C25H34. The molecule has 0 atom stereocenters. The van der Waals surface area contributed by atoms with Gasteiger partial charge in [-0.05, 0) is 79.0 Å². The van der Waals surface area contributed by atoms with E-state index in [-0.39, 0.29) is 0 Å². The lowest BCUT2D eigenvalue weighted by molar-refractivity contribution is 0.262. The van der Waals surface area contributed by atoms with Gasteiger partial charge in [0, 0.05) is 0 Å². The zero-order valence-corrected chi connectivity index (χ0v) is 16.1. The minimum atomic E-state index is 0.910. The highest BCUT2D eigenvalue weighted by molar-refractivity contribution is 5.23. The zero-order chi connectivity index (χ0) is 17.5. The molecule has 0 spiro atoms. The van der Waals surface area contributed by atoms with Gasteiger partial charge in [0.2, 0.25) is 0 Å². The predicted molar refractivity (Wildman–Crippen MR) is 109 cm³/mol. The Hall–Kier alpha value is -1.56. The summed E-state index contributed by atoms with van der Waals surface area (Å²) in [5.74, 6) is 1.86. The van der Waals surface area contributed by atoms with Crippen LogP contribution in [0.25, 0.3) is 0 Å². The van der Waals surface area contributed by atoms with Crippen molar-refractivity contribution in [2.75, 3.05) is 0 Å². The van der Waals surface area contributed by atoms with Gasteiger partial charge in [-0.25, -0.2) is 0 Å². The van der Waals surface area contributed by atoms with Crippen LogP contribution in [0.15, 0.2) is 48.5 Å². The number of benzene rings is 2. The van der Waals surface area contributed by atoms with Crippen LogP contribution in [0.4, 0.5) is 0 Å². The van der Waals surface area contributed by atoms with Crippen LogP contribution in [0, 0.1) is 11.8 Å². The lowest BCUT2D eigenvalue weighted by Crippen LogP contribution is -2.17. The van der Waals surface area contributed by atoms with E-state index in [0.717, 1.165) is 24.7 Å². The van der Waals surface area contributed by atoms with E-state index in [1.165, 1.54) is 67.2 Å². The molecule has 134 valence electrons. The maximum atomic E-state index is 2.35. The summed E-state index contributed by atoms with van der Waals surface area (Å²) in [5.41, 5.74) is 5.97. The Morgan fingerprint density at radius 2 is 1.04 bits per heavy atom. The van der Waals surface area contributed by atoms with Crippen LogP contribution in [-0.2, 0) is 25.7 Å². The Balaban J connectivity index is 1.40. The van der Waals surface area contributed by atoms with Gasteiger partial charge in [-0.15, -0.1) is 0 Å². The van der Waals surface area contributed by atoms with Crippen molar-refractivity contribution in [2.45, 2.75) is 71.6 Å². The SMILES string of the molecule is CCc1ccc(CCC2CCC(Cc3ccc(CC)cc3)CC2)cc1. The first-order valence-electron chi connectivity index (χ1n) is 10.4. The molecule has 0 N–H and O–H groups in total. The summed E-state index contributed by atoms with van der Waals surface area (Å²) in [4.78, 5) is 0. The average Bonchev–Trinajstić information content (AvgIpc) is 2.68. The van der Waals surface area contributed by atoms with E-state index in [1.54, 1.807) is 0 Å². The van der Waals surface area contributed by atoms with Crippen LogP contribution >= 0.6 is 0 Å².